The van der Waals surface area contributed by atoms with E-state index in [1.807, 2.05) is 30.3 Å². The molecule has 2 N–H and O–H groups in total. The number of nitrogens with zero attached hydrogens (tertiary/aromatic N) is 1. The Hall–Kier alpha value is -1.29. The number of hydrogen-bond acceptors (Lipinski definition) is 3. The second kappa shape index (κ2) is 4.43. The molecule has 0 bridgehead atoms. The predicted molar refractivity (Wildman–Crippen MR) is 79.5 cm³/mol. The smallest absolute Gasteiger partial charge is 0.124 e. The van der Waals surface area contributed by atoms with Crippen LogP contribution in [0.3, 0.4) is 0 Å². The summed E-state index contributed by atoms with van der Waals surface area (Å²) in [7, 11) is 0. The van der Waals surface area contributed by atoms with E-state index in [1.165, 1.54) is 0 Å². The van der Waals surface area contributed by atoms with Crippen molar-refractivity contribution in [3.8, 4) is 10.6 Å². The highest BCUT2D eigenvalue weighted by Crippen LogP contribution is 2.34. The summed E-state index contributed by atoms with van der Waals surface area (Å²) in [6, 6.07) is 11.2. The number of nitrogens with two attached hydrogens (primary N) is 1. The molecule has 1 aromatic heterocycles. The summed E-state index contributed by atoms with van der Waals surface area (Å²) >= 11 is 13.5. The Bertz CT molecular complexity index is 737. The monoisotopic (exact) mass is 294 g/mol. The van der Waals surface area contributed by atoms with E-state index in [0.717, 1.165) is 26.5 Å². The molecule has 0 amide bonds. The van der Waals surface area contributed by atoms with Gasteiger partial charge in [0, 0.05) is 11.3 Å². The molecule has 0 saturated heterocycles. The van der Waals surface area contributed by atoms with Crippen LogP contribution >= 0.6 is 34.5 Å². The second-order valence-electron chi connectivity index (χ2n) is 3.88. The van der Waals surface area contributed by atoms with Crippen LogP contribution in [-0.2, 0) is 0 Å². The number of fused-ring (bicyclic) bond motifs is 1. The number of hydrogen-bond donors (Lipinski definition) is 1. The fourth-order valence-electron chi connectivity index (χ4n) is 1.69. The molecule has 0 aliphatic heterocycles. The minimum absolute atomic E-state index is 0.535. The van der Waals surface area contributed by atoms with Crippen molar-refractivity contribution in [1.29, 1.82) is 0 Å². The molecule has 3 rings (SSSR count). The van der Waals surface area contributed by atoms with E-state index in [-0.39, 0.29) is 0 Å². The van der Waals surface area contributed by atoms with Gasteiger partial charge in [0.2, 0.25) is 0 Å². The minimum atomic E-state index is 0.535. The van der Waals surface area contributed by atoms with Crippen LogP contribution in [0.2, 0.25) is 10.0 Å². The van der Waals surface area contributed by atoms with E-state index < -0.39 is 0 Å². The number of benzene rings is 2. The Morgan fingerprint density at radius 2 is 1.83 bits per heavy atom. The number of rotatable bonds is 1. The molecule has 2 nitrogen and oxygen atoms in total. The fourth-order valence-corrected chi connectivity index (χ4v) is 3.00. The summed E-state index contributed by atoms with van der Waals surface area (Å²) in [6.45, 7) is 0. The molecule has 3 aromatic rings. The zero-order valence-electron chi connectivity index (χ0n) is 9.15. The van der Waals surface area contributed by atoms with Crippen molar-refractivity contribution in [2.24, 2.45) is 0 Å². The van der Waals surface area contributed by atoms with Crippen LogP contribution in [0.1, 0.15) is 0 Å². The van der Waals surface area contributed by atoms with Gasteiger partial charge in [0.05, 0.1) is 20.3 Å². The molecule has 0 spiro atoms. The first-order valence-corrected chi connectivity index (χ1v) is 6.82. The average molecular weight is 295 g/mol. The normalized spacial score (nSPS) is 11.0. The summed E-state index contributed by atoms with van der Waals surface area (Å²) in [4.78, 5) is 4.56. The van der Waals surface area contributed by atoms with Gasteiger partial charge in [0.1, 0.15) is 5.01 Å². The van der Waals surface area contributed by atoms with Crippen molar-refractivity contribution in [3.63, 3.8) is 0 Å². The van der Waals surface area contributed by atoms with Crippen molar-refractivity contribution in [2.45, 2.75) is 0 Å². The number of anilines is 1. The van der Waals surface area contributed by atoms with Crippen molar-refractivity contribution < 1.29 is 0 Å². The molecule has 5 heteroatoms. The molecule has 0 atom stereocenters. The molecule has 1 heterocycles. The molecule has 0 fully saturated rings. The topological polar surface area (TPSA) is 38.9 Å². The fraction of sp³-hybridized carbons (Fsp3) is 0. The van der Waals surface area contributed by atoms with Gasteiger partial charge in [-0.05, 0) is 30.3 Å². The van der Waals surface area contributed by atoms with Crippen molar-refractivity contribution >= 4 is 50.4 Å². The lowest BCUT2D eigenvalue weighted by molar-refractivity contribution is 1.48. The third-order valence-corrected chi connectivity index (χ3v) is 4.39. The first-order valence-electron chi connectivity index (χ1n) is 5.25. The zero-order valence-corrected chi connectivity index (χ0v) is 11.5. The standard InChI is InChI=1S/C13H8Cl2N2S/c14-9-3-1-7(5-10(9)15)13-17-11-4-2-8(16)6-12(11)18-13/h1-6H,16H2. The highest BCUT2D eigenvalue weighted by molar-refractivity contribution is 7.21. The summed E-state index contributed by atoms with van der Waals surface area (Å²) < 4.78 is 1.07. The lowest BCUT2D eigenvalue weighted by Crippen LogP contribution is -1.81. The van der Waals surface area contributed by atoms with Gasteiger partial charge < -0.3 is 5.73 Å². The van der Waals surface area contributed by atoms with Crippen LogP contribution in [0, 0.1) is 0 Å². The first-order chi connectivity index (χ1) is 8.63. The summed E-state index contributed by atoms with van der Waals surface area (Å²) in [5.74, 6) is 0. The van der Waals surface area contributed by atoms with Crippen LogP contribution in [0.15, 0.2) is 36.4 Å². The molecular weight excluding hydrogens is 287 g/mol. The molecule has 0 aliphatic carbocycles. The van der Waals surface area contributed by atoms with Crippen LogP contribution in [0.5, 0.6) is 0 Å². The average Bonchev–Trinajstić information content (AvgIpc) is 2.75. The second-order valence-corrected chi connectivity index (χ2v) is 5.72. The van der Waals surface area contributed by atoms with Gasteiger partial charge in [-0.1, -0.05) is 29.3 Å². The number of aromatic nitrogens is 1. The molecule has 90 valence electrons. The quantitative estimate of drug-likeness (QED) is 0.652. The van der Waals surface area contributed by atoms with E-state index in [1.54, 1.807) is 17.4 Å². The van der Waals surface area contributed by atoms with Crippen LogP contribution in [-0.4, -0.2) is 4.98 Å². The number of thiazole rings is 1. The van der Waals surface area contributed by atoms with Gasteiger partial charge >= 0.3 is 0 Å². The Labute approximate surface area is 118 Å². The zero-order chi connectivity index (χ0) is 12.7. The number of nitrogen functional groups attached to an aromatic ring is 1. The number of halogens is 2. The summed E-state index contributed by atoms with van der Waals surface area (Å²) in [5, 5.41) is 1.99. The van der Waals surface area contributed by atoms with E-state index >= 15 is 0 Å². The van der Waals surface area contributed by atoms with Crippen molar-refractivity contribution in [2.75, 3.05) is 5.73 Å². The van der Waals surface area contributed by atoms with Crippen molar-refractivity contribution in [3.05, 3.63) is 46.4 Å². The van der Waals surface area contributed by atoms with Crippen molar-refractivity contribution in [1.82, 2.24) is 4.98 Å². The maximum atomic E-state index is 6.01. The van der Waals surface area contributed by atoms with E-state index in [2.05, 4.69) is 4.98 Å². The van der Waals surface area contributed by atoms with Crippen LogP contribution < -0.4 is 5.73 Å². The van der Waals surface area contributed by atoms with E-state index in [0.29, 0.717) is 10.0 Å². The van der Waals surface area contributed by atoms with Gasteiger partial charge in [0.25, 0.3) is 0 Å². The third kappa shape index (κ3) is 2.05. The molecule has 0 unspecified atom stereocenters. The SMILES string of the molecule is Nc1ccc2nc(-c3ccc(Cl)c(Cl)c3)sc2c1. The maximum Gasteiger partial charge on any atom is 0.124 e. The van der Waals surface area contributed by atoms with Gasteiger partial charge in [-0.3, -0.25) is 0 Å². The Kier molecular flexibility index (Phi) is 2.90. The van der Waals surface area contributed by atoms with Gasteiger partial charge in [-0.25, -0.2) is 4.98 Å². The molecule has 0 saturated carbocycles. The Morgan fingerprint density at radius 3 is 2.61 bits per heavy atom. The van der Waals surface area contributed by atoms with Gasteiger partial charge in [-0.2, -0.15) is 0 Å². The van der Waals surface area contributed by atoms with E-state index in [9.17, 15) is 0 Å². The molecule has 0 aliphatic rings. The highest BCUT2D eigenvalue weighted by atomic mass is 35.5. The third-order valence-electron chi connectivity index (χ3n) is 2.58. The molecule has 18 heavy (non-hydrogen) atoms. The van der Waals surface area contributed by atoms with Gasteiger partial charge in [-0.15, -0.1) is 11.3 Å². The molecule has 2 aromatic carbocycles. The summed E-state index contributed by atoms with van der Waals surface area (Å²) in [6.07, 6.45) is 0. The van der Waals surface area contributed by atoms with Crippen LogP contribution in [0.4, 0.5) is 5.69 Å². The van der Waals surface area contributed by atoms with Crippen LogP contribution in [0.25, 0.3) is 20.8 Å². The van der Waals surface area contributed by atoms with E-state index in [4.69, 9.17) is 28.9 Å². The lowest BCUT2D eigenvalue weighted by atomic mass is 10.2. The summed E-state index contributed by atoms with van der Waals surface area (Å²) in [5.41, 5.74) is 8.40. The van der Waals surface area contributed by atoms with Gasteiger partial charge in [0.15, 0.2) is 0 Å². The Morgan fingerprint density at radius 1 is 1.00 bits per heavy atom. The minimum Gasteiger partial charge on any atom is -0.399 e. The lowest BCUT2D eigenvalue weighted by Gasteiger charge is -1.98. The Balaban J connectivity index is 2.16. The maximum absolute atomic E-state index is 6.01. The molecular formula is C13H8Cl2N2S. The molecule has 0 radical (unpaired) electrons. The predicted octanol–water partition coefficient (Wildman–Crippen LogP) is 4.85. The highest BCUT2D eigenvalue weighted by Gasteiger charge is 2.08. The first kappa shape index (κ1) is 11.8. The largest absolute Gasteiger partial charge is 0.399 e.